The first kappa shape index (κ1) is 14.1. The molecule has 19 heavy (non-hydrogen) atoms. The molecule has 1 unspecified atom stereocenters. The Balaban J connectivity index is 2.11. The van der Waals surface area contributed by atoms with Gasteiger partial charge in [-0.25, -0.2) is 4.98 Å². The van der Waals surface area contributed by atoms with Crippen LogP contribution in [-0.4, -0.2) is 42.3 Å². The number of likely N-dealkylation sites (N-methyl/N-ethyl adjacent to an activating group) is 1. The van der Waals surface area contributed by atoms with Gasteiger partial charge in [-0.3, -0.25) is 0 Å². The third-order valence-electron chi connectivity index (χ3n) is 3.38. The maximum Gasteiger partial charge on any atom is 0.228 e. The van der Waals surface area contributed by atoms with Gasteiger partial charge in [-0.15, -0.1) is 0 Å². The van der Waals surface area contributed by atoms with E-state index >= 15 is 0 Å². The lowest BCUT2D eigenvalue weighted by Gasteiger charge is -2.25. The Hall–Kier alpha value is -1.36. The van der Waals surface area contributed by atoms with Gasteiger partial charge in [0.25, 0.3) is 0 Å². The van der Waals surface area contributed by atoms with E-state index in [2.05, 4.69) is 27.1 Å². The third kappa shape index (κ3) is 3.80. The molecule has 1 aromatic heterocycles. The zero-order valence-electron chi connectivity index (χ0n) is 12.1. The van der Waals surface area contributed by atoms with Gasteiger partial charge in [-0.2, -0.15) is 4.98 Å². The summed E-state index contributed by atoms with van der Waals surface area (Å²) >= 11 is 0. The molecule has 1 aromatic rings. The van der Waals surface area contributed by atoms with Crippen LogP contribution >= 0.6 is 0 Å². The summed E-state index contributed by atoms with van der Waals surface area (Å²) in [6.45, 7) is 9.72. The number of aryl methyl sites for hydroxylation is 1. The average Bonchev–Trinajstić information content (AvgIpc) is 2.88. The van der Waals surface area contributed by atoms with Crippen molar-refractivity contribution in [2.24, 2.45) is 0 Å². The molecule has 1 atom stereocenters. The number of rotatable bonds is 6. The highest BCUT2D eigenvalue weighted by atomic mass is 16.5. The van der Waals surface area contributed by atoms with Crippen molar-refractivity contribution in [2.75, 3.05) is 31.1 Å². The Morgan fingerprint density at radius 2 is 2.26 bits per heavy atom. The van der Waals surface area contributed by atoms with Gasteiger partial charge in [0.05, 0.1) is 6.61 Å². The lowest BCUT2D eigenvalue weighted by molar-refractivity contribution is 0.325. The number of hydrogen-bond donors (Lipinski definition) is 1. The molecular formula is C14H24N4O. The minimum absolute atomic E-state index is 0.555. The number of aromatic nitrogens is 2. The van der Waals surface area contributed by atoms with Crippen molar-refractivity contribution >= 4 is 5.95 Å². The Morgan fingerprint density at radius 3 is 2.89 bits per heavy atom. The first-order chi connectivity index (χ1) is 9.22. The van der Waals surface area contributed by atoms with Crippen molar-refractivity contribution in [1.82, 2.24) is 15.3 Å². The summed E-state index contributed by atoms with van der Waals surface area (Å²) in [5.41, 5.74) is 0.950. The minimum atomic E-state index is 0.555. The molecule has 0 amide bonds. The average molecular weight is 264 g/mol. The number of anilines is 1. The van der Waals surface area contributed by atoms with Crippen LogP contribution in [0.25, 0.3) is 0 Å². The highest BCUT2D eigenvalue weighted by Gasteiger charge is 2.19. The van der Waals surface area contributed by atoms with Crippen LogP contribution in [0.15, 0.2) is 6.07 Å². The summed E-state index contributed by atoms with van der Waals surface area (Å²) in [7, 11) is 0. The van der Waals surface area contributed by atoms with Gasteiger partial charge in [0.1, 0.15) is 0 Å². The molecule has 1 aliphatic heterocycles. The van der Waals surface area contributed by atoms with Crippen molar-refractivity contribution in [1.29, 1.82) is 0 Å². The van der Waals surface area contributed by atoms with E-state index in [0.717, 1.165) is 31.3 Å². The number of nitrogens with one attached hydrogen (secondary N) is 1. The Labute approximate surface area is 115 Å². The molecule has 0 spiro atoms. The predicted octanol–water partition coefficient (Wildman–Crippen LogP) is 1.76. The van der Waals surface area contributed by atoms with Crippen molar-refractivity contribution in [2.45, 2.75) is 39.7 Å². The zero-order valence-corrected chi connectivity index (χ0v) is 12.1. The second kappa shape index (κ2) is 6.70. The molecule has 5 heteroatoms. The normalized spacial score (nSPS) is 18.6. The van der Waals surface area contributed by atoms with E-state index in [4.69, 9.17) is 4.74 Å². The summed E-state index contributed by atoms with van der Waals surface area (Å²) in [5, 5.41) is 3.52. The van der Waals surface area contributed by atoms with Crippen LogP contribution in [-0.2, 0) is 0 Å². The van der Waals surface area contributed by atoms with Crippen LogP contribution in [0.1, 0.15) is 32.4 Å². The molecule has 0 radical (unpaired) electrons. The number of nitrogens with zero attached hydrogens (tertiary/aromatic N) is 3. The van der Waals surface area contributed by atoms with Gasteiger partial charge < -0.3 is 15.0 Å². The van der Waals surface area contributed by atoms with Crippen molar-refractivity contribution in [3.8, 4) is 5.88 Å². The molecule has 1 saturated heterocycles. The molecule has 0 saturated carbocycles. The zero-order chi connectivity index (χ0) is 13.7. The molecule has 1 N–H and O–H groups in total. The highest BCUT2D eigenvalue weighted by Crippen LogP contribution is 2.17. The maximum atomic E-state index is 5.50. The SMILES string of the molecule is CCOc1cc(C)nc(N(CC)CC2CCCN2)n1. The first-order valence-electron chi connectivity index (χ1n) is 7.19. The molecule has 5 nitrogen and oxygen atoms in total. The topological polar surface area (TPSA) is 50.3 Å². The van der Waals surface area contributed by atoms with Gasteiger partial charge in [0.15, 0.2) is 0 Å². The summed E-state index contributed by atoms with van der Waals surface area (Å²) in [4.78, 5) is 11.3. The van der Waals surface area contributed by atoms with Crippen molar-refractivity contribution in [3.05, 3.63) is 11.8 Å². The smallest absolute Gasteiger partial charge is 0.228 e. The molecule has 2 rings (SSSR count). The summed E-state index contributed by atoms with van der Waals surface area (Å²) in [6, 6.07) is 2.44. The molecule has 1 fully saturated rings. The van der Waals surface area contributed by atoms with E-state index in [1.807, 2.05) is 19.9 Å². The van der Waals surface area contributed by atoms with Gasteiger partial charge >= 0.3 is 0 Å². The van der Waals surface area contributed by atoms with Crippen LogP contribution in [0.5, 0.6) is 5.88 Å². The Bertz CT molecular complexity index is 404. The van der Waals surface area contributed by atoms with Crippen LogP contribution < -0.4 is 15.0 Å². The minimum Gasteiger partial charge on any atom is -0.478 e. The number of hydrogen-bond acceptors (Lipinski definition) is 5. The monoisotopic (exact) mass is 264 g/mol. The quantitative estimate of drug-likeness (QED) is 0.848. The molecule has 0 aromatic carbocycles. The second-order valence-electron chi connectivity index (χ2n) is 4.91. The summed E-state index contributed by atoms with van der Waals surface area (Å²) < 4.78 is 5.50. The standard InChI is InChI=1S/C14H24N4O/c1-4-18(10-12-7-6-8-15-12)14-16-11(3)9-13(17-14)19-5-2/h9,12,15H,4-8,10H2,1-3H3. The van der Waals surface area contributed by atoms with E-state index in [9.17, 15) is 0 Å². The van der Waals surface area contributed by atoms with Crippen LogP contribution in [0.2, 0.25) is 0 Å². The summed E-state index contributed by atoms with van der Waals surface area (Å²) in [5.74, 6) is 1.45. The van der Waals surface area contributed by atoms with Gasteiger partial charge in [0.2, 0.25) is 11.8 Å². The lowest BCUT2D eigenvalue weighted by atomic mass is 10.2. The fraction of sp³-hybridized carbons (Fsp3) is 0.714. The van der Waals surface area contributed by atoms with E-state index in [0.29, 0.717) is 18.5 Å². The van der Waals surface area contributed by atoms with E-state index < -0.39 is 0 Å². The lowest BCUT2D eigenvalue weighted by Crippen LogP contribution is -2.38. The van der Waals surface area contributed by atoms with Crippen molar-refractivity contribution < 1.29 is 4.74 Å². The Morgan fingerprint density at radius 1 is 1.42 bits per heavy atom. The van der Waals surface area contributed by atoms with Gasteiger partial charge in [-0.1, -0.05) is 0 Å². The van der Waals surface area contributed by atoms with Crippen molar-refractivity contribution in [3.63, 3.8) is 0 Å². The van der Waals surface area contributed by atoms with E-state index in [-0.39, 0.29) is 0 Å². The van der Waals surface area contributed by atoms with Gasteiger partial charge in [-0.05, 0) is 40.2 Å². The predicted molar refractivity (Wildman–Crippen MR) is 76.8 cm³/mol. The highest BCUT2D eigenvalue weighted by molar-refractivity contribution is 5.34. The Kier molecular flexibility index (Phi) is 4.96. The summed E-state index contributed by atoms with van der Waals surface area (Å²) in [6.07, 6.45) is 2.50. The number of ether oxygens (including phenoxy) is 1. The van der Waals surface area contributed by atoms with E-state index in [1.165, 1.54) is 12.8 Å². The fourth-order valence-electron chi connectivity index (χ4n) is 2.42. The van der Waals surface area contributed by atoms with Crippen LogP contribution in [0, 0.1) is 6.92 Å². The molecule has 106 valence electrons. The molecule has 0 aliphatic carbocycles. The second-order valence-corrected chi connectivity index (χ2v) is 4.91. The maximum absolute atomic E-state index is 5.50. The fourth-order valence-corrected chi connectivity index (χ4v) is 2.42. The molecular weight excluding hydrogens is 240 g/mol. The van der Waals surface area contributed by atoms with E-state index in [1.54, 1.807) is 0 Å². The molecule has 0 bridgehead atoms. The van der Waals surface area contributed by atoms with Crippen LogP contribution in [0.3, 0.4) is 0 Å². The first-order valence-corrected chi connectivity index (χ1v) is 7.19. The van der Waals surface area contributed by atoms with Gasteiger partial charge in [0, 0.05) is 30.9 Å². The largest absolute Gasteiger partial charge is 0.478 e. The molecule has 1 aliphatic rings. The third-order valence-corrected chi connectivity index (χ3v) is 3.38. The molecule has 2 heterocycles. The van der Waals surface area contributed by atoms with Crippen LogP contribution in [0.4, 0.5) is 5.95 Å².